The van der Waals surface area contributed by atoms with Crippen molar-refractivity contribution in [2.45, 2.75) is 19.9 Å². The fraction of sp³-hybridized carbons (Fsp3) is 0.273. The average molecular weight is 187 g/mol. The van der Waals surface area contributed by atoms with Gasteiger partial charge in [-0.15, -0.1) is 0 Å². The first-order valence-electron chi connectivity index (χ1n) is 4.80. The van der Waals surface area contributed by atoms with Gasteiger partial charge in [0, 0.05) is 13.0 Å². The predicted octanol–water partition coefficient (Wildman–Crippen LogP) is 1.89. The molecule has 0 aliphatic carbocycles. The Bertz CT molecular complexity index is 392. The van der Waals surface area contributed by atoms with Gasteiger partial charge in [-0.1, -0.05) is 30.3 Å². The van der Waals surface area contributed by atoms with Crippen LogP contribution in [0, 0.1) is 0 Å². The Kier molecular flexibility index (Phi) is 2.58. The molecule has 1 aromatic carbocycles. The van der Waals surface area contributed by atoms with Crippen molar-refractivity contribution in [3.05, 3.63) is 48.0 Å². The van der Waals surface area contributed by atoms with Crippen molar-refractivity contribution in [1.82, 2.24) is 14.8 Å². The van der Waals surface area contributed by atoms with Gasteiger partial charge in [0.25, 0.3) is 0 Å². The molecule has 1 aromatic heterocycles. The van der Waals surface area contributed by atoms with Crippen LogP contribution < -0.4 is 0 Å². The molecule has 0 amide bonds. The number of nitrogens with zero attached hydrogens (tertiary/aromatic N) is 3. The van der Waals surface area contributed by atoms with Crippen LogP contribution in [0.3, 0.4) is 0 Å². The van der Waals surface area contributed by atoms with Crippen LogP contribution in [-0.2, 0) is 13.0 Å². The summed E-state index contributed by atoms with van der Waals surface area (Å²) in [7, 11) is 0. The van der Waals surface area contributed by atoms with E-state index >= 15 is 0 Å². The van der Waals surface area contributed by atoms with Crippen molar-refractivity contribution in [3.8, 4) is 0 Å². The zero-order valence-corrected chi connectivity index (χ0v) is 8.22. The minimum atomic E-state index is 0.856. The molecule has 14 heavy (non-hydrogen) atoms. The topological polar surface area (TPSA) is 30.7 Å². The normalized spacial score (nSPS) is 10.4. The fourth-order valence-corrected chi connectivity index (χ4v) is 1.47. The molecule has 2 rings (SSSR count). The molecule has 0 unspecified atom stereocenters. The molecular weight excluding hydrogens is 174 g/mol. The SMILES string of the molecule is CCn1ncnc1Cc1ccccc1. The van der Waals surface area contributed by atoms with Crippen LogP contribution in [0.15, 0.2) is 36.7 Å². The predicted molar refractivity (Wildman–Crippen MR) is 54.9 cm³/mol. The van der Waals surface area contributed by atoms with Crippen molar-refractivity contribution in [2.75, 3.05) is 0 Å². The maximum atomic E-state index is 4.23. The molecule has 0 saturated carbocycles. The van der Waals surface area contributed by atoms with E-state index in [4.69, 9.17) is 0 Å². The molecule has 0 spiro atoms. The van der Waals surface area contributed by atoms with E-state index in [-0.39, 0.29) is 0 Å². The van der Waals surface area contributed by atoms with Crippen molar-refractivity contribution in [3.63, 3.8) is 0 Å². The molecule has 0 atom stereocenters. The van der Waals surface area contributed by atoms with Crippen LogP contribution >= 0.6 is 0 Å². The quantitative estimate of drug-likeness (QED) is 0.734. The zero-order valence-electron chi connectivity index (χ0n) is 8.22. The van der Waals surface area contributed by atoms with Gasteiger partial charge in [0.15, 0.2) is 0 Å². The lowest BCUT2D eigenvalue weighted by atomic mass is 10.1. The summed E-state index contributed by atoms with van der Waals surface area (Å²) in [6.45, 7) is 2.95. The third-order valence-corrected chi connectivity index (χ3v) is 2.20. The summed E-state index contributed by atoms with van der Waals surface area (Å²) < 4.78 is 1.92. The number of benzene rings is 1. The van der Waals surface area contributed by atoms with E-state index in [1.807, 2.05) is 22.9 Å². The number of rotatable bonds is 3. The van der Waals surface area contributed by atoms with Crippen molar-refractivity contribution >= 4 is 0 Å². The number of hydrogen-bond donors (Lipinski definition) is 0. The maximum absolute atomic E-state index is 4.23. The smallest absolute Gasteiger partial charge is 0.138 e. The van der Waals surface area contributed by atoms with Gasteiger partial charge in [0.05, 0.1) is 0 Å². The first-order chi connectivity index (χ1) is 6.90. The van der Waals surface area contributed by atoms with Crippen LogP contribution in [0.4, 0.5) is 0 Å². The van der Waals surface area contributed by atoms with E-state index in [0.29, 0.717) is 0 Å². The molecule has 0 fully saturated rings. The van der Waals surface area contributed by atoms with E-state index in [1.54, 1.807) is 6.33 Å². The molecule has 0 aliphatic heterocycles. The van der Waals surface area contributed by atoms with E-state index in [0.717, 1.165) is 18.8 Å². The molecule has 0 radical (unpaired) electrons. The summed E-state index contributed by atoms with van der Waals surface area (Å²) in [6, 6.07) is 10.3. The standard InChI is InChI=1S/C11H13N3/c1-2-14-11(12-9-13-14)8-10-6-4-3-5-7-10/h3-7,9H,2,8H2,1H3. The monoisotopic (exact) mass is 187 g/mol. The Morgan fingerprint density at radius 2 is 2.00 bits per heavy atom. The van der Waals surface area contributed by atoms with Gasteiger partial charge in [0.2, 0.25) is 0 Å². The van der Waals surface area contributed by atoms with Crippen LogP contribution in [-0.4, -0.2) is 14.8 Å². The molecule has 3 heteroatoms. The molecule has 0 saturated heterocycles. The maximum Gasteiger partial charge on any atom is 0.138 e. The summed E-state index contributed by atoms with van der Waals surface area (Å²) in [6.07, 6.45) is 2.47. The highest BCUT2D eigenvalue weighted by Crippen LogP contribution is 2.05. The van der Waals surface area contributed by atoms with Crippen LogP contribution in [0.5, 0.6) is 0 Å². The fourth-order valence-electron chi connectivity index (χ4n) is 1.47. The second-order valence-electron chi connectivity index (χ2n) is 3.15. The van der Waals surface area contributed by atoms with Gasteiger partial charge in [-0.05, 0) is 12.5 Å². The highest BCUT2D eigenvalue weighted by Gasteiger charge is 2.02. The van der Waals surface area contributed by atoms with Gasteiger partial charge in [0.1, 0.15) is 12.2 Å². The van der Waals surface area contributed by atoms with Gasteiger partial charge >= 0.3 is 0 Å². The van der Waals surface area contributed by atoms with Crippen molar-refractivity contribution in [2.24, 2.45) is 0 Å². The first-order valence-corrected chi connectivity index (χ1v) is 4.80. The third-order valence-electron chi connectivity index (χ3n) is 2.20. The summed E-state index contributed by atoms with van der Waals surface area (Å²) in [5.41, 5.74) is 1.27. The second kappa shape index (κ2) is 4.05. The molecule has 0 aliphatic rings. The van der Waals surface area contributed by atoms with Gasteiger partial charge in [-0.3, -0.25) is 4.68 Å². The van der Waals surface area contributed by atoms with E-state index in [1.165, 1.54) is 5.56 Å². The Morgan fingerprint density at radius 1 is 1.21 bits per heavy atom. The zero-order chi connectivity index (χ0) is 9.80. The summed E-state index contributed by atoms with van der Waals surface area (Å²) >= 11 is 0. The highest BCUT2D eigenvalue weighted by atomic mass is 15.3. The minimum absolute atomic E-state index is 0.856. The van der Waals surface area contributed by atoms with E-state index < -0.39 is 0 Å². The largest absolute Gasteiger partial charge is 0.250 e. The van der Waals surface area contributed by atoms with Gasteiger partial charge in [-0.2, -0.15) is 5.10 Å². The molecule has 0 bridgehead atoms. The minimum Gasteiger partial charge on any atom is -0.250 e. The Labute approximate surface area is 83.4 Å². The summed E-state index contributed by atoms with van der Waals surface area (Å²) in [5, 5.41) is 4.14. The average Bonchev–Trinajstić information content (AvgIpc) is 2.67. The Morgan fingerprint density at radius 3 is 2.71 bits per heavy atom. The number of aromatic nitrogens is 3. The third kappa shape index (κ3) is 1.82. The summed E-state index contributed by atoms with van der Waals surface area (Å²) in [4.78, 5) is 4.23. The lowest BCUT2D eigenvalue weighted by molar-refractivity contribution is 0.624. The molecule has 3 nitrogen and oxygen atoms in total. The van der Waals surface area contributed by atoms with Crippen molar-refractivity contribution in [1.29, 1.82) is 0 Å². The molecule has 1 heterocycles. The lowest BCUT2D eigenvalue weighted by Crippen LogP contribution is -2.04. The highest BCUT2D eigenvalue weighted by molar-refractivity contribution is 5.18. The van der Waals surface area contributed by atoms with Crippen LogP contribution in [0.1, 0.15) is 18.3 Å². The van der Waals surface area contributed by atoms with Crippen LogP contribution in [0.2, 0.25) is 0 Å². The lowest BCUT2D eigenvalue weighted by Gasteiger charge is -2.02. The molecule has 2 aromatic rings. The van der Waals surface area contributed by atoms with E-state index in [9.17, 15) is 0 Å². The number of hydrogen-bond acceptors (Lipinski definition) is 2. The van der Waals surface area contributed by atoms with Gasteiger partial charge in [-0.25, -0.2) is 4.98 Å². The van der Waals surface area contributed by atoms with Crippen LogP contribution in [0.25, 0.3) is 0 Å². The second-order valence-corrected chi connectivity index (χ2v) is 3.15. The Hall–Kier alpha value is -1.64. The first kappa shape index (κ1) is 8.94. The Balaban J connectivity index is 2.19. The molecule has 72 valence electrons. The van der Waals surface area contributed by atoms with Gasteiger partial charge < -0.3 is 0 Å². The van der Waals surface area contributed by atoms with Crippen molar-refractivity contribution < 1.29 is 0 Å². The summed E-state index contributed by atoms with van der Waals surface area (Å²) in [5.74, 6) is 1.03. The number of aryl methyl sites for hydroxylation is 1. The molecule has 0 N–H and O–H groups in total. The molecular formula is C11H13N3. The van der Waals surface area contributed by atoms with E-state index in [2.05, 4.69) is 29.1 Å².